The summed E-state index contributed by atoms with van der Waals surface area (Å²) in [5, 5.41) is 7.87. The van der Waals surface area contributed by atoms with Crippen LogP contribution in [0.2, 0.25) is 0 Å². The third-order valence-corrected chi connectivity index (χ3v) is 11.7. The van der Waals surface area contributed by atoms with Crippen LogP contribution < -0.4 is 15.4 Å². The molecule has 4 bridgehead atoms. The molecule has 0 radical (unpaired) electrons. The van der Waals surface area contributed by atoms with E-state index in [1.807, 2.05) is 36.5 Å². The van der Waals surface area contributed by atoms with Gasteiger partial charge >= 0.3 is 0 Å². The molecule has 9 heteroatoms. The minimum atomic E-state index is -0.904. The van der Waals surface area contributed by atoms with Crippen molar-refractivity contribution >= 4 is 22.5 Å². The molecule has 5 saturated carbocycles. The molecule has 9 nitrogen and oxygen atoms in total. The number of aromatic nitrogens is 1. The molecule has 1 aliphatic heterocycles. The number of anilines is 1. The Balaban J connectivity index is 0.807. The maximum absolute atomic E-state index is 13.1. The van der Waals surface area contributed by atoms with Crippen molar-refractivity contribution in [2.24, 2.45) is 29.6 Å². The largest absolute Gasteiger partial charge is 0.496 e. The summed E-state index contributed by atoms with van der Waals surface area (Å²) in [6.45, 7) is 2.80. The molecular formula is C38H47N3O6. The molecule has 1 amide bonds. The molecule has 1 aromatic heterocycles. The van der Waals surface area contributed by atoms with Gasteiger partial charge in [0.2, 0.25) is 17.5 Å². The highest BCUT2D eigenvalue weighted by Crippen LogP contribution is 2.62. The van der Waals surface area contributed by atoms with E-state index in [2.05, 4.69) is 35.8 Å². The highest BCUT2D eigenvalue weighted by molar-refractivity contribution is 6.04. The molecule has 3 aromatic rings. The number of fused-ring (bicyclic) bond motifs is 1. The molecule has 250 valence electrons. The SMILES string of the molecule is COc1cc(NC(C)CCCNC(=O)C2CCC3(CC2)OOC2(OO3)C3CC4CC(C3)CC2C4)c2ncccc2c1-c1ccccc1. The third kappa shape index (κ3) is 5.79. The van der Waals surface area contributed by atoms with E-state index < -0.39 is 11.6 Å². The van der Waals surface area contributed by atoms with Crippen LogP contribution in [0.5, 0.6) is 5.75 Å². The van der Waals surface area contributed by atoms with E-state index in [9.17, 15) is 4.79 Å². The zero-order valence-corrected chi connectivity index (χ0v) is 27.5. The standard InChI is InChI=1S/C38H47N3O6/c1-24(41-32-23-33(43-2)34(27-9-4-3-5-10-27)31-11-7-16-39-35(31)32)8-6-17-40-36(42)28-12-14-37(15-13-28)44-46-38(47-45-37)29-19-25-18-26(21-29)22-30(38)20-25/h3-5,7,9-11,16,23-26,28-30,41H,6,8,12-15,17-22H2,1-2H3,(H,40,42). The Bertz CT molecular complexity index is 1550. The van der Waals surface area contributed by atoms with Crippen molar-refractivity contribution in [1.29, 1.82) is 0 Å². The predicted molar refractivity (Wildman–Crippen MR) is 178 cm³/mol. The van der Waals surface area contributed by atoms with Gasteiger partial charge in [-0.1, -0.05) is 36.4 Å². The fraction of sp³-hybridized carbons (Fsp3) is 0.579. The van der Waals surface area contributed by atoms with Crippen LogP contribution in [0.4, 0.5) is 5.69 Å². The van der Waals surface area contributed by atoms with Crippen molar-refractivity contribution < 1.29 is 29.1 Å². The Hall–Kier alpha value is -3.24. The first-order chi connectivity index (χ1) is 23.0. The minimum absolute atomic E-state index is 0.0616. The average Bonchev–Trinajstić information content (AvgIpc) is 3.10. The smallest absolute Gasteiger partial charge is 0.239 e. The number of rotatable bonds is 9. The van der Waals surface area contributed by atoms with Gasteiger partial charge in [0.1, 0.15) is 5.75 Å². The van der Waals surface area contributed by atoms with Crippen LogP contribution in [0.1, 0.15) is 77.6 Å². The number of methoxy groups -OCH3 is 1. The van der Waals surface area contributed by atoms with Gasteiger partial charge in [0, 0.05) is 66.4 Å². The topological polar surface area (TPSA) is 100 Å². The third-order valence-electron chi connectivity index (χ3n) is 11.7. The number of hydrogen-bond donors (Lipinski definition) is 2. The molecule has 1 saturated heterocycles. The molecule has 1 atom stereocenters. The maximum Gasteiger partial charge on any atom is 0.239 e. The molecule has 6 aliphatic rings. The number of nitrogens with zero attached hydrogens (tertiary/aromatic N) is 1. The summed E-state index contributed by atoms with van der Waals surface area (Å²) in [6.07, 6.45) is 12.1. The van der Waals surface area contributed by atoms with Gasteiger partial charge in [-0.15, -0.1) is 0 Å². The Morgan fingerprint density at radius 2 is 1.66 bits per heavy atom. The van der Waals surface area contributed by atoms with Gasteiger partial charge in [0.15, 0.2) is 0 Å². The Morgan fingerprint density at radius 1 is 0.957 bits per heavy atom. The first-order valence-corrected chi connectivity index (χ1v) is 17.7. The van der Waals surface area contributed by atoms with Gasteiger partial charge in [-0.2, -0.15) is 19.6 Å². The Kier molecular flexibility index (Phi) is 8.36. The lowest BCUT2D eigenvalue weighted by atomic mass is 9.53. The van der Waals surface area contributed by atoms with Gasteiger partial charge in [-0.3, -0.25) is 9.78 Å². The lowest BCUT2D eigenvalue weighted by Crippen LogP contribution is -2.64. The molecule has 5 aliphatic carbocycles. The van der Waals surface area contributed by atoms with Crippen molar-refractivity contribution in [3.8, 4) is 16.9 Å². The minimum Gasteiger partial charge on any atom is -0.496 e. The molecule has 9 rings (SSSR count). The van der Waals surface area contributed by atoms with Crippen molar-refractivity contribution in [1.82, 2.24) is 10.3 Å². The number of benzene rings is 2. The number of pyridine rings is 1. The normalized spacial score (nSPS) is 33.3. The summed E-state index contributed by atoms with van der Waals surface area (Å²) in [4.78, 5) is 42.3. The maximum atomic E-state index is 13.1. The van der Waals surface area contributed by atoms with Crippen molar-refractivity contribution in [2.75, 3.05) is 19.0 Å². The first-order valence-electron chi connectivity index (χ1n) is 17.7. The number of carbonyl (C=O) groups excluding carboxylic acids is 1. The van der Waals surface area contributed by atoms with E-state index in [1.54, 1.807) is 7.11 Å². The summed E-state index contributed by atoms with van der Waals surface area (Å²) < 4.78 is 5.85. The fourth-order valence-electron chi connectivity index (χ4n) is 9.41. The molecule has 2 heterocycles. The summed E-state index contributed by atoms with van der Waals surface area (Å²) in [5.41, 5.74) is 3.99. The first kappa shape index (κ1) is 31.1. The summed E-state index contributed by atoms with van der Waals surface area (Å²) in [5.74, 6) is 1.53. The van der Waals surface area contributed by atoms with E-state index in [0.29, 0.717) is 44.1 Å². The number of nitrogens with one attached hydrogen (secondary N) is 2. The van der Waals surface area contributed by atoms with Gasteiger partial charge in [-0.05, 0) is 88.2 Å². The highest BCUT2D eigenvalue weighted by atomic mass is 17.4. The zero-order chi connectivity index (χ0) is 32.0. The van der Waals surface area contributed by atoms with Crippen LogP contribution in [-0.2, 0) is 24.3 Å². The van der Waals surface area contributed by atoms with E-state index in [-0.39, 0.29) is 17.9 Å². The van der Waals surface area contributed by atoms with E-state index in [0.717, 1.165) is 83.8 Å². The van der Waals surface area contributed by atoms with Crippen LogP contribution in [0, 0.1) is 29.6 Å². The molecular weight excluding hydrogens is 594 g/mol. The second-order valence-corrected chi connectivity index (χ2v) is 14.8. The van der Waals surface area contributed by atoms with Crippen LogP contribution in [0.3, 0.4) is 0 Å². The number of carbonyl (C=O) groups is 1. The van der Waals surface area contributed by atoms with Crippen LogP contribution in [0.25, 0.3) is 22.0 Å². The Labute approximate surface area is 276 Å². The zero-order valence-electron chi connectivity index (χ0n) is 27.5. The molecule has 1 unspecified atom stereocenters. The second kappa shape index (κ2) is 12.7. The quantitative estimate of drug-likeness (QED) is 0.183. The summed E-state index contributed by atoms with van der Waals surface area (Å²) in [7, 11) is 1.71. The monoisotopic (exact) mass is 641 g/mol. The number of ether oxygens (including phenoxy) is 1. The summed E-state index contributed by atoms with van der Waals surface area (Å²) in [6, 6.07) is 16.6. The molecule has 6 fully saturated rings. The lowest BCUT2D eigenvalue weighted by Gasteiger charge is -2.60. The summed E-state index contributed by atoms with van der Waals surface area (Å²) >= 11 is 0. The molecule has 2 spiro atoms. The van der Waals surface area contributed by atoms with E-state index >= 15 is 0 Å². The van der Waals surface area contributed by atoms with E-state index in [1.165, 1.54) is 6.42 Å². The van der Waals surface area contributed by atoms with Gasteiger partial charge < -0.3 is 15.4 Å². The van der Waals surface area contributed by atoms with Crippen molar-refractivity contribution in [3.05, 3.63) is 54.7 Å². The van der Waals surface area contributed by atoms with Gasteiger partial charge in [-0.25, -0.2) is 0 Å². The van der Waals surface area contributed by atoms with Crippen LogP contribution in [0.15, 0.2) is 54.7 Å². The fourth-order valence-corrected chi connectivity index (χ4v) is 9.41. The lowest BCUT2D eigenvalue weighted by molar-refractivity contribution is -0.680. The van der Waals surface area contributed by atoms with Gasteiger partial charge in [0.05, 0.1) is 18.3 Å². The van der Waals surface area contributed by atoms with Crippen LogP contribution >= 0.6 is 0 Å². The average molecular weight is 642 g/mol. The van der Waals surface area contributed by atoms with Crippen molar-refractivity contribution in [2.45, 2.75) is 95.2 Å². The molecule has 2 aromatic carbocycles. The van der Waals surface area contributed by atoms with E-state index in [4.69, 9.17) is 29.3 Å². The van der Waals surface area contributed by atoms with Crippen LogP contribution in [-0.4, -0.2) is 42.2 Å². The molecule has 2 N–H and O–H groups in total. The molecule has 47 heavy (non-hydrogen) atoms. The number of hydrogen-bond acceptors (Lipinski definition) is 8. The highest BCUT2D eigenvalue weighted by Gasteiger charge is 2.64. The predicted octanol–water partition coefficient (Wildman–Crippen LogP) is 7.56. The second-order valence-electron chi connectivity index (χ2n) is 14.8. The Morgan fingerprint density at radius 3 is 2.34 bits per heavy atom. The van der Waals surface area contributed by atoms with Crippen molar-refractivity contribution in [3.63, 3.8) is 0 Å². The number of amides is 1. The van der Waals surface area contributed by atoms with Gasteiger partial charge in [0.25, 0.3) is 0 Å².